The summed E-state index contributed by atoms with van der Waals surface area (Å²) in [5.41, 5.74) is 2.22. The van der Waals surface area contributed by atoms with E-state index >= 15 is 0 Å². The zero-order valence-corrected chi connectivity index (χ0v) is 10.4. The Morgan fingerprint density at radius 1 is 1.10 bits per heavy atom. The van der Waals surface area contributed by atoms with Crippen LogP contribution in [0.4, 0.5) is 0 Å². The van der Waals surface area contributed by atoms with E-state index in [1.165, 1.54) is 0 Å². The Balaban J connectivity index is 2.46. The van der Waals surface area contributed by atoms with E-state index in [1.54, 1.807) is 48.5 Å². The van der Waals surface area contributed by atoms with Crippen molar-refractivity contribution in [2.75, 3.05) is 0 Å². The molecule has 3 rings (SSSR count). The molecule has 1 heterocycles. The van der Waals surface area contributed by atoms with Crippen molar-refractivity contribution in [3.8, 4) is 17.3 Å². The highest BCUT2D eigenvalue weighted by Gasteiger charge is 2.19. The molecule has 0 aliphatic carbocycles. The van der Waals surface area contributed by atoms with Crippen LogP contribution in [0.2, 0.25) is 0 Å². The third-order valence-corrected chi connectivity index (χ3v) is 3.30. The lowest BCUT2D eigenvalue weighted by molar-refractivity contribution is 0.112. The molecule has 4 heteroatoms. The number of hydrogen-bond donors (Lipinski definition) is 1. The standard InChI is InChI=1S/C16H10N2O2/c17-9-14-13-7-3-4-8-15(13)18(20)16(14)12-6-2-1-5-11(12)10-19/h1-8,10,20H. The summed E-state index contributed by atoms with van der Waals surface area (Å²) in [6.07, 6.45) is 0.716. The zero-order chi connectivity index (χ0) is 14.1. The minimum atomic E-state index is 0.344. The maximum absolute atomic E-state index is 11.2. The van der Waals surface area contributed by atoms with Crippen molar-refractivity contribution in [2.45, 2.75) is 0 Å². The second kappa shape index (κ2) is 4.56. The van der Waals surface area contributed by atoms with E-state index in [-0.39, 0.29) is 0 Å². The third kappa shape index (κ3) is 1.57. The van der Waals surface area contributed by atoms with Gasteiger partial charge in [0.1, 0.15) is 11.8 Å². The van der Waals surface area contributed by atoms with Gasteiger partial charge in [-0.05, 0) is 6.07 Å². The van der Waals surface area contributed by atoms with Gasteiger partial charge >= 0.3 is 0 Å². The average Bonchev–Trinajstić information content (AvgIpc) is 2.80. The van der Waals surface area contributed by atoms with E-state index in [0.717, 1.165) is 4.73 Å². The number of nitriles is 1. The van der Waals surface area contributed by atoms with Crippen molar-refractivity contribution in [1.82, 2.24) is 4.73 Å². The van der Waals surface area contributed by atoms with Crippen molar-refractivity contribution in [1.29, 1.82) is 5.26 Å². The Hall–Kier alpha value is -3.06. The van der Waals surface area contributed by atoms with E-state index in [9.17, 15) is 15.3 Å². The van der Waals surface area contributed by atoms with Gasteiger partial charge in [-0.3, -0.25) is 4.79 Å². The van der Waals surface area contributed by atoms with Crippen LogP contribution < -0.4 is 0 Å². The molecule has 0 bridgehead atoms. The van der Waals surface area contributed by atoms with E-state index in [0.29, 0.717) is 39.6 Å². The Bertz CT molecular complexity index is 857. The van der Waals surface area contributed by atoms with Crippen LogP contribution in [0.5, 0.6) is 0 Å². The molecular formula is C16H10N2O2. The molecule has 0 aliphatic heterocycles. The first-order chi connectivity index (χ1) is 9.77. The lowest BCUT2D eigenvalue weighted by Crippen LogP contribution is -1.97. The monoisotopic (exact) mass is 262 g/mol. The van der Waals surface area contributed by atoms with Crippen molar-refractivity contribution < 1.29 is 10.0 Å². The van der Waals surface area contributed by atoms with Gasteiger partial charge in [0, 0.05) is 16.5 Å². The second-order valence-electron chi connectivity index (χ2n) is 4.37. The summed E-state index contributed by atoms with van der Waals surface area (Å²) in [5, 5.41) is 20.4. The van der Waals surface area contributed by atoms with Crippen LogP contribution in [0, 0.1) is 11.3 Å². The maximum Gasteiger partial charge on any atom is 0.150 e. The highest BCUT2D eigenvalue weighted by molar-refractivity contribution is 5.97. The van der Waals surface area contributed by atoms with Gasteiger partial charge < -0.3 is 5.21 Å². The first-order valence-corrected chi connectivity index (χ1v) is 6.05. The average molecular weight is 262 g/mol. The van der Waals surface area contributed by atoms with Crippen LogP contribution in [0.25, 0.3) is 22.2 Å². The van der Waals surface area contributed by atoms with E-state index in [4.69, 9.17) is 0 Å². The number of benzene rings is 2. The van der Waals surface area contributed by atoms with Gasteiger partial charge in [0.15, 0.2) is 6.29 Å². The molecule has 2 aromatic carbocycles. The lowest BCUT2D eigenvalue weighted by atomic mass is 10.0. The minimum absolute atomic E-state index is 0.344. The van der Waals surface area contributed by atoms with Crippen LogP contribution in [-0.4, -0.2) is 16.2 Å². The van der Waals surface area contributed by atoms with Crippen LogP contribution in [0.1, 0.15) is 15.9 Å². The molecule has 0 amide bonds. The highest BCUT2D eigenvalue weighted by atomic mass is 16.5. The fraction of sp³-hybridized carbons (Fsp3) is 0. The molecule has 20 heavy (non-hydrogen) atoms. The number of para-hydroxylation sites is 1. The summed E-state index contributed by atoms with van der Waals surface area (Å²) in [5.74, 6) is 0. The molecule has 96 valence electrons. The quantitative estimate of drug-likeness (QED) is 0.569. The molecule has 0 fully saturated rings. The number of aromatic nitrogens is 1. The van der Waals surface area contributed by atoms with Crippen molar-refractivity contribution in [3.63, 3.8) is 0 Å². The summed E-state index contributed by atoms with van der Waals surface area (Å²) in [6.45, 7) is 0. The van der Waals surface area contributed by atoms with Gasteiger partial charge in [0.2, 0.25) is 0 Å². The number of aldehydes is 1. The first kappa shape index (κ1) is 12.0. The van der Waals surface area contributed by atoms with Crippen molar-refractivity contribution in [3.05, 3.63) is 59.7 Å². The van der Waals surface area contributed by atoms with E-state index in [1.807, 2.05) is 0 Å². The van der Waals surface area contributed by atoms with E-state index < -0.39 is 0 Å². The van der Waals surface area contributed by atoms with Crippen molar-refractivity contribution >= 4 is 17.2 Å². The van der Waals surface area contributed by atoms with Gasteiger partial charge in [-0.25, -0.2) is 0 Å². The normalized spacial score (nSPS) is 10.3. The Kier molecular flexibility index (Phi) is 2.73. The number of fused-ring (bicyclic) bond motifs is 1. The zero-order valence-electron chi connectivity index (χ0n) is 10.4. The van der Waals surface area contributed by atoms with Crippen LogP contribution >= 0.6 is 0 Å². The highest BCUT2D eigenvalue weighted by Crippen LogP contribution is 2.33. The summed E-state index contributed by atoms with van der Waals surface area (Å²) >= 11 is 0. The molecule has 0 saturated heterocycles. The largest absolute Gasteiger partial charge is 0.428 e. The summed E-state index contributed by atoms with van der Waals surface area (Å²) in [7, 11) is 0. The van der Waals surface area contributed by atoms with Crippen LogP contribution in [-0.2, 0) is 0 Å². The fourth-order valence-corrected chi connectivity index (χ4v) is 2.40. The minimum Gasteiger partial charge on any atom is -0.428 e. The van der Waals surface area contributed by atoms with Crippen molar-refractivity contribution in [2.24, 2.45) is 0 Å². The molecular weight excluding hydrogens is 252 g/mol. The topological polar surface area (TPSA) is 66.0 Å². The lowest BCUT2D eigenvalue weighted by Gasteiger charge is -2.06. The van der Waals surface area contributed by atoms with Gasteiger partial charge in [0.05, 0.1) is 11.1 Å². The van der Waals surface area contributed by atoms with Crippen LogP contribution in [0.3, 0.4) is 0 Å². The second-order valence-corrected chi connectivity index (χ2v) is 4.37. The maximum atomic E-state index is 11.2. The molecule has 1 aromatic heterocycles. The molecule has 3 aromatic rings. The number of nitrogens with zero attached hydrogens (tertiary/aromatic N) is 2. The molecule has 0 atom stereocenters. The fourth-order valence-electron chi connectivity index (χ4n) is 2.40. The smallest absolute Gasteiger partial charge is 0.150 e. The number of carbonyl (C=O) groups is 1. The number of rotatable bonds is 2. The van der Waals surface area contributed by atoms with Gasteiger partial charge in [-0.1, -0.05) is 42.5 Å². The Morgan fingerprint density at radius 2 is 1.80 bits per heavy atom. The van der Waals surface area contributed by atoms with Gasteiger partial charge in [-0.15, -0.1) is 0 Å². The summed E-state index contributed by atoms with van der Waals surface area (Å²) in [6, 6.07) is 16.1. The molecule has 1 N–H and O–H groups in total. The molecule has 0 spiro atoms. The van der Waals surface area contributed by atoms with E-state index in [2.05, 4.69) is 6.07 Å². The van der Waals surface area contributed by atoms with Gasteiger partial charge in [-0.2, -0.15) is 9.99 Å². The predicted octanol–water partition coefficient (Wildman–Crippen LogP) is 3.23. The summed E-state index contributed by atoms with van der Waals surface area (Å²) < 4.78 is 0.968. The molecule has 0 radical (unpaired) electrons. The molecule has 4 nitrogen and oxygen atoms in total. The van der Waals surface area contributed by atoms with Gasteiger partial charge in [0.25, 0.3) is 0 Å². The molecule has 0 aliphatic rings. The first-order valence-electron chi connectivity index (χ1n) is 6.05. The molecule has 0 unspecified atom stereocenters. The Morgan fingerprint density at radius 3 is 2.55 bits per heavy atom. The summed E-state index contributed by atoms with van der Waals surface area (Å²) in [4.78, 5) is 11.2. The van der Waals surface area contributed by atoms with Crippen LogP contribution in [0.15, 0.2) is 48.5 Å². The SMILES string of the molecule is N#Cc1c(-c2ccccc2C=O)n(O)c2ccccc12. The predicted molar refractivity (Wildman–Crippen MR) is 74.7 cm³/mol. The number of carbonyl (C=O) groups excluding carboxylic acids is 1. The Labute approximate surface area is 115 Å². The molecule has 0 saturated carbocycles. The number of hydrogen-bond acceptors (Lipinski definition) is 3. The third-order valence-electron chi connectivity index (χ3n) is 3.30.